The molecule has 1 atom stereocenters. The summed E-state index contributed by atoms with van der Waals surface area (Å²) < 4.78 is 25.7. The Labute approximate surface area is 125 Å². The Morgan fingerprint density at radius 2 is 2.00 bits per heavy atom. The average Bonchev–Trinajstić information content (AvgIpc) is 2.46. The van der Waals surface area contributed by atoms with Gasteiger partial charge in [0, 0.05) is 18.3 Å². The van der Waals surface area contributed by atoms with Gasteiger partial charge in [-0.2, -0.15) is 11.8 Å². The predicted molar refractivity (Wildman–Crippen MR) is 77.0 cm³/mol. The Kier molecular flexibility index (Phi) is 7.10. The van der Waals surface area contributed by atoms with Crippen molar-refractivity contribution in [3.8, 4) is 0 Å². The first-order valence-electron chi connectivity index (χ1n) is 6.15. The SMILES string of the molecule is CSCCC(O)CNC(=O)C(=O)Nc1ccc(F)c(F)c1. The number of hydrogen-bond donors (Lipinski definition) is 3. The van der Waals surface area contributed by atoms with Crippen molar-refractivity contribution >= 4 is 29.3 Å². The summed E-state index contributed by atoms with van der Waals surface area (Å²) in [5.74, 6) is -3.41. The maximum Gasteiger partial charge on any atom is 0.313 e. The van der Waals surface area contributed by atoms with Crippen LogP contribution in [0, 0.1) is 11.6 Å². The quantitative estimate of drug-likeness (QED) is 0.687. The van der Waals surface area contributed by atoms with Gasteiger partial charge in [-0.15, -0.1) is 0 Å². The van der Waals surface area contributed by atoms with E-state index in [1.807, 2.05) is 6.26 Å². The van der Waals surface area contributed by atoms with E-state index in [-0.39, 0.29) is 12.2 Å². The largest absolute Gasteiger partial charge is 0.391 e. The molecule has 21 heavy (non-hydrogen) atoms. The Morgan fingerprint density at radius 3 is 2.62 bits per heavy atom. The Balaban J connectivity index is 2.44. The summed E-state index contributed by atoms with van der Waals surface area (Å²) in [6.45, 7) is -0.0510. The summed E-state index contributed by atoms with van der Waals surface area (Å²) >= 11 is 1.56. The number of carbonyl (C=O) groups excluding carboxylic acids is 2. The zero-order chi connectivity index (χ0) is 15.8. The lowest BCUT2D eigenvalue weighted by Gasteiger charge is -2.11. The van der Waals surface area contributed by atoms with E-state index in [1.165, 1.54) is 0 Å². The van der Waals surface area contributed by atoms with Gasteiger partial charge < -0.3 is 15.7 Å². The fraction of sp³-hybridized carbons (Fsp3) is 0.385. The monoisotopic (exact) mass is 318 g/mol. The van der Waals surface area contributed by atoms with Crippen LogP contribution in [0.3, 0.4) is 0 Å². The molecule has 0 spiro atoms. The van der Waals surface area contributed by atoms with E-state index in [2.05, 4.69) is 10.6 Å². The molecule has 0 saturated carbocycles. The van der Waals surface area contributed by atoms with Crippen molar-refractivity contribution in [3.63, 3.8) is 0 Å². The number of hydrogen-bond acceptors (Lipinski definition) is 4. The molecule has 0 saturated heterocycles. The van der Waals surface area contributed by atoms with E-state index in [0.717, 1.165) is 24.0 Å². The lowest BCUT2D eigenvalue weighted by molar-refractivity contribution is -0.136. The van der Waals surface area contributed by atoms with Crippen LogP contribution >= 0.6 is 11.8 Å². The van der Waals surface area contributed by atoms with Gasteiger partial charge in [0.2, 0.25) is 0 Å². The highest BCUT2D eigenvalue weighted by Crippen LogP contribution is 2.12. The van der Waals surface area contributed by atoms with E-state index in [0.29, 0.717) is 6.42 Å². The number of rotatable bonds is 6. The maximum atomic E-state index is 12.9. The van der Waals surface area contributed by atoms with Crippen LogP contribution < -0.4 is 10.6 Å². The summed E-state index contributed by atoms with van der Waals surface area (Å²) in [5.41, 5.74) is -0.0306. The number of nitrogens with one attached hydrogen (secondary N) is 2. The average molecular weight is 318 g/mol. The molecule has 1 unspecified atom stereocenters. The lowest BCUT2D eigenvalue weighted by atomic mass is 10.2. The summed E-state index contributed by atoms with van der Waals surface area (Å²) in [6.07, 6.45) is 1.64. The molecule has 0 aliphatic heterocycles. The minimum atomic E-state index is -1.12. The van der Waals surface area contributed by atoms with Crippen molar-refractivity contribution in [2.24, 2.45) is 0 Å². The van der Waals surface area contributed by atoms with Crippen LogP contribution in [0.25, 0.3) is 0 Å². The van der Waals surface area contributed by atoms with E-state index in [4.69, 9.17) is 0 Å². The van der Waals surface area contributed by atoms with E-state index < -0.39 is 29.6 Å². The van der Waals surface area contributed by atoms with Crippen LogP contribution in [0.5, 0.6) is 0 Å². The van der Waals surface area contributed by atoms with Gasteiger partial charge in [0.05, 0.1) is 6.10 Å². The third-order valence-corrected chi connectivity index (χ3v) is 3.18. The van der Waals surface area contributed by atoms with E-state index in [9.17, 15) is 23.5 Å². The molecule has 2 amide bonds. The van der Waals surface area contributed by atoms with Crippen LogP contribution in [0.2, 0.25) is 0 Å². The third-order valence-electron chi connectivity index (χ3n) is 2.54. The van der Waals surface area contributed by atoms with Crippen molar-refractivity contribution in [2.75, 3.05) is 23.9 Å². The molecule has 0 aliphatic rings. The molecule has 0 aromatic heterocycles. The molecule has 5 nitrogen and oxygen atoms in total. The predicted octanol–water partition coefficient (Wildman–Crippen LogP) is 1.13. The summed E-state index contributed by atoms with van der Waals surface area (Å²) in [7, 11) is 0. The maximum absolute atomic E-state index is 12.9. The van der Waals surface area contributed by atoms with Crippen molar-refractivity contribution in [3.05, 3.63) is 29.8 Å². The van der Waals surface area contributed by atoms with Crippen LogP contribution in [0.4, 0.5) is 14.5 Å². The van der Waals surface area contributed by atoms with Gasteiger partial charge in [-0.05, 0) is 30.6 Å². The molecule has 1 rings (SSSR count). The van der Waals surface area contributed by atoms with Gasteiger partial charge in [0.15, 0.2) is 11.6 Å². The van der Waals surface area contributed by atoms with Crippen LogP contribution in [0.1, 0.15) is 6.42 Å². The molecule has 1 aromatic rings. The molecule has 3 N–H and O–H groups in total. The highest BCUT2D eigenvalue weighted by atomic mass is 32.2. The first-order chi connectivity index (χ1) is 9.93. The zero-order valence-corrected chi connectivity index (χ0v) is 12.2. The number of aliphatic hydroxyl groups excluding tert-OH is 1. The van der Waals surface area contributed by atoms with Gasteiger partial charge in [-0.3, -0.25) is 9.59 Å². The number of halogens is 2. The van der Waals surface area contributed by atoms with Crippen LogP contribution in [-0.4, -0.2) is 41.6 Å². The summed E-state index contributed by atoms with van der Waals surface area (Å²) in [6, 6.07) is 2.75. The highest BCUT2D eigenvalue weighted by Gasteiger charge is 2.15. The smallest absolute Gasteiger partial charge is 0.313 e. The Hall–Kier alpha value is -1.67. The van der Waals surface area contributed by atoms with E-state index in [1.54, 1.807) is 11.8 Å². The summed E-state index contributed by atoms with van der Waals surface area (Å²) in [4.78, 5) is 23.0. The normalized spacial score (nSPS) is 11.8. The Morgan fingerprint density at radius 1 is 1.29 bits per heavy atom. The van der Waals surface area contributed by atoms with Crippen LogP contribution in [-0.2, 0) is 9.59 Å². The highest BCUT2D eigenvalue weighted by molar-refractivity contribution is 7.98. The third kappa shape index (κ3) is 6.09. The van der Waals surface area contributed by atoms with E-state index >= 15 is 0 Å². The molecule has 0 bridgehead atoms. The molecule has 8 heteroatoms. The fourth-order valence-corrected chi connectivity index (χ4v) is 1.92. The summed E-state index contributed by atoms with van der Waals surface area (Å²) in [5, 5.41) is 13.9. The molecule has 1 aromatic carbocycles. The van der Waals surface area contributed by atoms with Gasteiger partial charge >= 0.3 is 11.8 Å². The fourth-order valence-electron chi connectivity index (χ4n) is 1.41. The number of benzene rings is 1. The van der Waals surface area contributed by atoms with Crippen molar-refractivity contribution < 1.29 is 23.5 Å². The van der Waals surface area contributed by atoms with Crippen molar-refractivity contribution in [1.82, 2.24) is 5.32 Å². The molecular formula is C13H16F2N2O3S. The molecule has 0 heterocycles. The van der Waals surface area contributed by atoms with Crippen LogP contribution in [0.15, 0.2) is 18.2 Å². The van der Waals surface area contributed by atoms with Gasteiger partial charge in [-0.25, -0.2) is 8.78 Å². The van der Waals surface area contributed by atoms with Gasteiger partial charge in [0.1, 0.15) is 0 Å². The number of anilines is 1. The Bertz CT molecular complexity index is 514. The topological polar surface area (TPSA) is 78.4 Å². The molecule has 0 fully saturated rings. The second kappa shape index (κ2) is 8.58. The lowest BCUT2D eigenvalue weighted by Crippen LogP contribution is -2.39. The second-order valence-corrected chi connectivity index (χ2v) is 5.21. The molecule has 116 valence electrons. The first kappa shape index (κ1) is 17.4. The minimum absolute atomic E-state index is 0.0306. The molecule has 0 radical (unpaired) electrons. The zero-order valence-electron chi connectivity index (χ0n) is 11.4. The second-order valence-electron chi connectivity index (χ2n) is 4.23. The number of amides is 2. The van der Waals surface area contributed by atoms with Crippen molar-refractivity contribution in [1.29, 1.82) is 0 Å². The molecule has 0 aliphatic carbocycles. The number of thioether (sulfide) groups is 1. The first-order valence-corrected chi connectivity index (χ1v) is 7.54. The number of aliphatic hydroxyl groups is 1. The molecular weight excluding hydrogens is 302 g/mol. The van der Waals surface area contributed by atoms with Crippen molar-refractivity contribution in [2.45, 2.75) is 12.5 Å². The minimum Gasteiger partial charge on any atom is -0.391 e. The standard InChI is InChI=1S/C13H16F2N2O3S/c1-21-5-4-9(18)7-16-12(19)13(20)17-8-2-3-10(14)11(15)6-8/h2-3,6,9,18H,4-5,7H2,1H3,(H,16,19)(H,17,20). The van der Waals surface area contributed by atoms with Gasteiger partial charge in [-0.1, -0.05) is 0 Å². The van der Waals surface area contributed by atoms with Gasteiger partial charge in [0.25, 0.3) is 0 Å². The number of carbonyl (C=O) groups is 2.